The molecule has 0 saturated heterocycles. The molecule has 0 heterocycles. The van der Waals surface area contributed by atoms with Gasteiger partial charge in [0.15, 0.2) is 0 Å². The third kappa shape index (κ3) is 8.39. The number of nitrogens with zero attached hydrogens (tertiary/aromatic N) is 1. The van der Waals surface area contributed by atoms with Crippen molar-refractivity contribution >= 4 is 5.91 Å². The van der Waals surface area contributed by atoms with Gasteiger partial charge < -0.3 is 15.7 Å². The zero-order valence-electron chi connectivity index (χ0n) is 9.74. The van der Waals surface area contributed by atoms with Crippen molar-refractivity contribution in [2.75, 3.05) is 26.7 Å². The van der Waals surface area contributed by atoms with Gasteiger partial charge in [-0.05, 0) is 19.4 Å². The molecule has 0 rings (SSSR count). The Kier molecular flexibility index (Phi) is 9.52. The zero-order chi connectivity index (χ0) is 11.5. The van der Waals surface area contributed by atoms with Gasteiger partial charge >= 0.3 is 0 Å². The lowest BCUT2D eigenvalue weighted by Crippen LogP contribution is -2.29. The summed E-state index contributed by atoms with van der Waals surface area (Å²) in [6, 6.07) is 0. The maximum atomic E-state index is 11.4. The number of nitrogens with two attached hydrogens (primary N) is 1. The molecule has 1 amide bonds. The van der Waals surface area contributed by atoms with Crippen LogP contribution in [0.15, 0.2) is 0 Å². The van der Waals surface area contributed by atoms with Crippen LogP contribution in [0.3, 0.4) is 0 Å². The third-order valence-corrected chi connectivity index (χ3v) is 2.46. The summed E-state index contributed by atoms with van der Waals surface area (Å²) >= 11 is 0. The van der Waals surface area contributed by atoms with Crippen molar-refractivity contribution in [2.24, 2.45) is 5.73 Å². The molecule has 0 aliphatic carbocycles. The van der Waals surface area contributed by atoms with E-state index in [1.807, 2.05) is 0 Å². The molecule has 0 bridgehead atoms. The molecular weight excluding hydrogens is 192 g/mol. The summed E-state index contributed by atoms with van der Waals surface area (Å²) in [6.07, 6.45) is 6.04. The van der Waals surface area contributed by atoms with Crippen LogP contribution in [0.2, 0.25) is 0 Å². The first-order valence-corrected chi connectivity index (χ1v) is 5.77. The minimum absolute atomic E-state index is 0.0404. The molecule has 0 unspecified atom stereocenters. The van der Waals surface area contributed by atoms with Crippen LogP contribution in [0.25, 0.3) is 0 Å². The van der Waals surface area contributed by atoms with E-state index in [1.165, 1.54) is 0 Å². The average Bonchev–Trinajstić information content (AvgIpc) is 2.23. The van der Waals surface area contributed by atoms with Crippen LogP contribution in [0.4, 0.5) is 0 Å². The van der Waals surface area contributed by atoms with E-state index >= 15 is 0 Å². The fraction of sp³-hybridized carbons (Fsp3) is 0.909. The number of unbranched alkanes of at least 4 members (excludes halogenated alkanes) is 4. The van der Waals surface area contributed by atoms with Gasteiger partial charge in [-0.3, -0.25) is 4.79 Å². The lowest BCUT2D eigenvalue weighted by molar-refractivity contribution is -0.130. The molecule has 0 radical (unpaired) electrons. The molecular formula is C11H24N2O2. The first kappa shape index (κ1) is 14.4. The summed E-state index contributed by atoms with van der Waals surface area (Å²) in [5, 5.41) is 8.65. The zero-order valence-corrected chi connectivity index (χ0v) is 9.74. The van der Waals surface area contributed by atoms with Crippen LogP contribution in [0.5, 0.6) is 0 Å². The quantitative estimate of drug-likeness (QED) is 0.559. The highest BCUT2D eigenvalue weighted by Gasteiger charge is 2.06. The predicted molar refractivity (Wildman–Crippen MR) is 61.5 cm³/mol. The van der Waals surface area contributed by atoms with Crippen LogP contribution in [-0.2, 0) is 4.79 Å². The summed E-state index contributed by atoms with van der Waals surface area (Å²) in [5.74, 6) is 0.128. The van der Waals surface area contributed by atoms with E-state index < -0.39 is 0 Å². The van der Waals surface area contributed by atoms with Crippen LogP contribution in [0.1, 0.15) is 38.5 Å². The molecule has 0 atom stereocenters. The molecule has 90 valence electrons. The number of amides is 1. The van der Waals surface area contributed by atoms with Gasteiger partial charge in [-0.15, -0.1) is 0 Å². The van der Waals surface area contributed by atoms with Gasteiger partial charge in [0, 0.05) is 20.0 Å². The van der Waals surface area contributed by atoms with Crippen LogP contribution < -0.4 is 5.73 Å². The standard InChI is InChI=1S/C11H24N2O2/c1-13(9-10-14)11(15)7-5-3-2-4-6-8-12/h14H,2-10,12H2,1H3. The van der Waals surface area contributed by atoms with Crippen molar-refractivity contribution in [3.05, 3.63) is 0 Å². The highest BCUT2D eigenvalue weighted by atomic mass is 16.3. The van der Waals surface area contributed by atoms with Crippen molar-refractivity contribution < 1.29 is 9.90 Å². The van der Waals surface area contributed by atoms with E-state index in [4.69, 9.17) is 10.8 Å². The van der Waals surface area contributed by atoms with Gasteiger partial charge in [0.1, 0.15) is 0 Å². The Balaban J connectivity index is 3.30. The fourth-order valence-corrected chi connectivity index (χ4v) is 1.42. The maximum Gasteiger partial charge on any atom is 0.222 e. The summed E-state index contributed by atoms with van der Waals surface area (Å²) < 4.78 is 0. The summed E-state index contributed by atoms with van der Waals surface area (Å²) in [4.78, 5) is 13.0. The van der Waals surface area contributed by atoms with E-state index in [1.54, 1.807) is 11.9 Å². The number of carbonyl (C=O) groups is 1. The second kappa shape index (κ2) is 9.93. The molecule has 0 aliphatic rings. The van der Waals surface area contributed by atoms with Crippen LogP contribution >= 0.6 is 0 Å². The minimum atomic E-state index is 0.0404. The van der Waals surface area contributed by atoms with Crippen molar-refractivity contribution in [1.82, 2.24) is 4.90 Å². The molecule has 0 aromatic carbocycles. The number of rotatable bonds is 9. The summed E-state index contributed by atoms with van der Waals surface area (Å²) in [7, 11) is 1.73. The van der Waals surface area contributed by atoms with Gasteiger partial charge in [-0.25, -0.2) is 0 Å². The lowest BCUT2D eigenvalue weighted by Gasteiger charge is -2.15. The third-order valence-electron chi connectivity index (χ3n) is 2.46. The number of carbonyl (C=O) groups excluding carboxylic acids is 1. The van der Waals surface area contributed by atoms with Gasteiger partial charge in [-0.2, -0.15) is 0 Å². The lowest BCUT2D eigenvalue weighted by atomic mass is 10.1. The van der Waals surface area contributed by atoms with E-state index in [0.717, 1.165) is 38.6 Å². The molecule has 0 aromatic rings. The van der Waals surface area contributed by atoms with Gasteiger partial charge in [0.2, 0.25) is 5.91 Å². The van der Waals surface area contributed by atoms with Crippen LogP contribution in [-0.4, -0.2) is 42.7 Å². The Morgan fingerprint density at radius 2 is 1.80 bits per heavy atom. The largest absolute Gasteiger partial charge is 0.395 e. The molecule has 3 N–H and O–H groups in total. The molecule has 15 heavy (non-hydrogen) atoms. The Morgan fingerprint density at radius 1 is 1.20 bits per heavy atom. The summed E-state index contributed by atoms with van der Waals surface area (Å²) in [6.45, 7) is 1.24. The molecule has 4 heteroatoms. The molecule has 0 saturated carbocycles. The molecule has 0 fully saturated rings. The van der Waals surface area contributed by atoms with Crippen molar-refractivity contribution in [3.8, 4) is 0 Å². The van der Waals surface area contributed by atoms with Gasteiger partial charge in [-0.1, -0.05) is 19.3 Å². The Bertz CT molecular complexity index is 163. The number of hydrogen-bond donors (Lipinski definition) is 2. The smallest absolute Gasteiger partial charge is 0.222 e. The monoisotopic (exact) mass is 216 g/mol. The highest BCUT2D eigenvalue weighted by Crippen LogP contribution is 2.06. The molecule has 0 aromatic heterocycles. The van der Waals surface area contributed by atoms with Crippen LogP contribution in [0, 0.1) is 0 Å². The SMILES string of the molecule is CN(CCO)C(=O)CCCCCCCN. The van der Waals surface area contributed by atoms with E-state index in [0.29, 0.717) is 13.0 Å². The fourth-order valence-electron chi connectivity index (χ4n) is 1.42. The normalized spacial score (nSPS) is 10.3. The van der Waals surface area contributed by atoms with E-state index in [2.05, 4.69) is 0 Å². The van der Waals surface area contributed by atoms with E-state index in [9.17, 15) is 4.79 Å². The highest BCUT2D eigenvalue weighted by molar-refractivity contribution is 5.75. The Labute approximate surface area is 92.4 Å². The number of hydrogen-bond acceptors (Lipinski definition) is 3. The first-order chi connectivity index (χ1) is 7.22. The maximum absolute atomic E-state index is 11.4. The second-order valence-corrected chi connectivity index (χ2v) is 3.85. The van der Waals surface area contributed by atoms with Crippen molar-refractivity contribution in [1.29, 1.82) is 0 Å². The topological polar surface area (TPSA) is 66.6 Å². The van der Waals surface area contributed by atoms with Crippen molar-refractivity contribution in [2.45, 2.75) is 38.5 Å². The second-order valence-electron chi connectivity index (χ2n) is 3.85. The minimum Gasteiger partial charge on any atom is -0.395 e. The molecule has 0 aliphatic heterocycles. The van der Waals surface area contributed by atoms with Gasteiger partial charge in [0.05, 0.1) is 6.61 Å². The predicted octanol–water partition coefficient (Wildman–Crippen LogP) is 0.736. The van der Waals surface area contributed by atoms with Crippen molar-refractivity contribution in [3.63, 3.8) is 0 Å². The number of aliphatic hydroxyl groups excluding tert-OH is 1. The Hall–Kier alpha value is -0.610. The molecule has 0 spiro atoms. The Morgan fingerprint density at radius 3 is 2.40 bits per heavy atom. The number of likely N-dealkylation sites (N-methyl/N-ethyl adjacent to an activating group) is 1. The summed E-state index contributed by atoms with van der Waals surface area (Å²) in [5.41, 5.74) is 5.38. The van der Waals surface area contributed by atoms with Gasteiger partial charge in [0.25, 0.3) is 0 Å². The van der Waals surface area contributed by atoms with E-state index in [-0.39, 0.29) is 12.5 Å². The number of aliphatic hydroxyl groups is 1. The first-order valence-electron chi connectivity index (χ1n) is 5.77. The molecule has 4 nitrogen and oxygen atoms in total. The average molecular weight is 216 g/mol.